The van der Waals surface area contributed by atoms with Gasteiger partial charge in [-0.3, -0.25) is 9.59 Å². The highest BCUT2D eigenvalue weighted by Gasteiger charge is 2.77. The molecule has 2 aromatic carbocycles. The van der Waals surface area contributed by atoms with Gasteiger partial charge in [0.25, 0.3) is 5.91 Å². The van der Waals surface area contributed by atoms with Gasteiger partial charge in [-0.1, -0.05) is 84.5 Å². The average molecular weight is 934 g/mol. The number of aliphatic hydroxyl groups is 1. The predicted molar refractivity (Wildman–Crippen MR) is 245 cm³/mol. The zero-order chi connectivity index (χ0) is 48.2. The highest BCUT2D eigenvalue weighted by Crippen LogP contribution is 2.67. The molecular formula is C51H68FNO12Si. The van der Waals surface area contributed by atoms with Crippen LogP contribution in [0.3, 0.4) is 0 Å². The van der Waals surface area contributed by atoms with Crippen LogP contribution in [0.25, 0.3) is 0 Å². The van der Waals surface area contributed by atoms with E-state index in [1.54, 1.807) is 66.7 Å². The van der Waals surface area contributed by atoms with E-state index in [-0.39, 0.29) is 24.2 Å². The Kier molecular flexibility index (Phi) is 13.8. The fraction of sp³-hybridized carbons (Fsp3) is 0.608. The second kappa shape index (κ2) is 18.3. The van der Waals surface area contributed by atoms with Gasteiger partial charge in [-0.25, -0.2) is 14.0 Å². The first-order chi connectivity index (χ1) is 31.1. The van der Waals surface area contributed by atoms with E-state index in [9.17, 15) is 19.5 Å². The van der Waals surface area contributed by atoms with Crippen LogP contribution in [0.1, 0.15) is 109 Å². The molecule has 0 aromatic heterocycles. The quantitative estimate of drug-likeness (QED) is 0.0768. The topological polar surface area (TPSA) is 165 Å². The summed E-state index contributed by atoms with van der Waals surface area (Å²) in [6, 6.07) is 17.0. The van der Waals surface area contributed by atoms with E-state index in [0.717, 1.165) is 0 Å². The normalized spacial score (nSPS) is 34.0. The summed E-state index contributed by atoms with van der Waals surface area (Å²) in [5, 5.41) is 16.9. The molecule has 13 nitrogen and oxygen atoms in total. The molecule has 13 atom stereocenters. The summed E-state index contributed by atoms with van der Waals surface area (Å²) in [6.45, 7) is 21.4. The maximum atomic E-state index is 16.3. The van der Waals surface area contributed by atoms with Crippen LogP contribution in [0.2, 0.25) is 18.1 Å². The molecule has 15 heteroatoms. The average Bonchev–Trinajstić information content (AvgIpc) is 3.72. The number of alkyl halides is 1. The molecule has 2 aromatic rings. The Morgan fingerprint density at radius 1 is 0.985 bits per heavy atom. The zero-order valence-corrected chi connectivity index (χ0v) is 41.0. The molecule has 360 valence electrons. The minimum atomic E-state index is -2.80. The SMILES string of the molecule is C=C[C@@H]1O[C@@H]2C3=C(C)[C@@H](OC(=O)[C@](C)(O[Si](CC)(CC)CC)[C@@H](NC(=O)c4ccccc4)[C@H](C)F)C[C@@](O)([C@@H](OC(=O)c4ccccc4)[C@H]4[C@@](C)(CC[C@H]5OC[C@]54OC(C)=O)[C@@H]2O1)C3(C)C. The second-order valence-electron chi connectivity index (χ2n) is 20.0. The molecular weight excluding hydrogens is 866 g/mol. The highest BCUT2D eigenvalue weighted by atomic mass is 28.4. The maximum Gasteiger partial charge on any atom is 0.339 e. The summed E-state index contributed by atoms with van der Waals surface area (Å²) < 4.78 is 62.8. The van der Waals surface area contributed by atoms with E-state index in [1.807, 2.05) is 48.5 Å². The van der Waals surface area contributed by atoms with E-state index >= 15 is 9.18 Å². The van der Waals surface area contributed by atoms with Gasteiger partial charge in [-0.2, -0.15) is 0 Å². The van der Waals surface area contributed by atoms with Crippen LogP contribution >= 0.6 is 0 Å². The zero-order valence-electron chi connectivity index (χ0n) is 40.0. The molecule has 2 aliphatic heterocycles. The van der Waals surface area contributed by atoms with Gasteiger partial charge in [-0.05, 0) is 93.2 Å². The number of benzene rings is 2. The number of rotatable bonds is 15. The van der Waals surface area contributed by atoms with E-state index in [1.165, 1.54) is 20.8 Å². The lowest BCUT2D eigenvalue weighted by Gasteiger charge is -2.68. The smallest absolute Gasteiger partial charge is 0.339 e. The maximum absolute atomic E-state index is 16.3. The number of halogens is 1. The predicted octanol–water partition coefficient (Wildman–Crippen LogP) is 7.97. The van der Waals surface area contributed by atoms with Crippen LogP contribution in [0.4, 0.5) is 4.39 Å². The molecule has 0 radical (unpaired) electrons. The first-order valence-electron chi connectivity index (χ1n) is 23.5. The summed E-state index contributed by atoms with van der Waals surface area (Å²) in [4.78, 5) is 57.0. The Bertz CT molecular complexity index is 2190. The molecule has 7 rings (SSSR count). The molecule has 0 unspecified atom stereocenters. The van der Waals surface area contributed by atoms with Crippen molar-refractivity contribution >= 4 is 32.1 Å². The fourth-order valence-corrected chi connectivity index (χ4v) is 15.2. The molecule has 2 saturated heterocycles. The van der Waals surface area contributed by atoms with Crippen LogP contribution in [-0.2, 0) is 42.4 Å². The molecule has 2 saturated carbocycles. The number of carbonyl (C=O) groups is 4. The monoisotopic (exact) mass is 933 g/mol. The van der Waals surface area contributed by atoms with Gasteiger partial charge in [0.2, 0.25) is 0 Å². The van der Waals surface area contributed by atoms with E-state index < -0.39 is 115 Å². The van der Waals surface area contributed by atoms with Gasteiger partial charge >= 0.3 is 17.9 Å². The molecule has 1 amide bonds. The van der Waals surface area contributed by atoms with Gasteiger partial charge in [0.1, 0.15) is 36.2 Å². The van der Waals surface area contributed by atoms with Gasteiger partial charge < -0.3 is 43.3 Å². The lowest BCUT2D eigenvalue weighted by atomic mass is 9.45. The molecule has 5 aliphatic rings. The largest absolute Gasteiger partial charge is 0.456 e. The third kappa shape index (κ3) is 8.08. The molecule has 66 heavy (non-hydrogen) atoms. The third-order valence-electron chi connectivity index (χ3n) is 16.1. The van der Waals surface area contributed by atoms with Crippen molar-refractivity contribution < 1.29 is 61.5 Å². The van der Waals surface area contributed by atoms with Gasteiger partial charge in [-0.15, -0.1) is 0 Å². The van der Waals surface area contributed by atoms with E-state index in [2.05, 4.69) is 11.9 Å². The minimum Gasteiger partial charge on any atom is -0.456 e. The number of nitrogens with one attached hydrogen (secondary N) is 1. The van der Waals surface area contributed by atoms with Crippen molar-refractivity contribution in [2.75, 3.05) is 6.61 Å². The van der Waals surface area contributed by atoms with Crippen molar-refractivity contribution in [3.63, 3.8) is 0 Å². The van der Waals surface area contributed by atoms with E-state index in [4.69, 9.17) is 32.8 Å². The Morgan fingerprint density at radius 3 is 2.12 bits per heavy atom. The van der Waals surface area contributed by atoms with Crippen molar-refractivity contribution in [2.24, 2.45) is 16.7 Å². The third-order valence-corrected chi connectivity index (χ3v) is 20.8. The number of hydrogen-bond donors (Lipinski definition) is 2. The molecule has 2 bridgehead atoms. The van der Waals surface area contributed by atoms with Crippen LogP contribution in [-0.4, -0.2) is 110 Å². The Hall–Kier alpha value is -4.25. The highest BCUT2D eigenvalue weighted by molar-refractivity contribution is 6.73. The first kappa shape index (κ1) is 49.6. The number of fused-ring (bicyclic) bond motifs is 8. The summed E-state index contributed by atoms with van der Waals surface area (Å²) in [6.07, 6.45) is -5.50. The van der Waals surface area contributed by atoms with Crippen molar-refractivity contribution in [3.05, 3.63) is 95.6 Å². The number of ether oxygens (including phenoxy) is 6. The first-order valence-corrected chi connectivity index (χ1v) is 26.0. The Labute approximate surface area is 389 Å². The minimum absolute atomic E-state index is 0.0399. The number of esters is 3. The van der Waals surface area contributed by atoms with Gasteiger partial charge in [0.05, 0.1) is 30.2 Å². The van der Waals surface area contributed by atoms with E-state index in [0.29, 0.717) is 42.1 Å². The molecule has 3 aliphatic carbocycles. The van der Waals surface area contributed by atoms with Crippen molar-refractivity contribution in [1.29, 1.82) is 0 Å². The summed E-state index contributed by atoms with van der Waals surface area (Å²) in [7, 11) is -2.80. The van der Waals surface area contributed by atoms with Crippen molar-refractivity contribution in [1.82, 2.24) is 5.32 Å². The Balaban J connectivity index is 1.42. The lowest BCUT2D eigenvalue weighted by molar-refractivity contribution is -0.345. The molecule has 4 fully saturated rings. The Morgan fingerprint density at radius 2 is 1.59 bits per heavy atom. The molecule has 0 spiro atoms. The van der Waals surface area contributed by atoms with Crippen LogP contribution < -0.4 is 5.32 Å². The summed E-state index contributed by atoms with van der Waals surface area (Å²) in [5.41, 5.74) is -6.24. The summed E-state index contributed by atoms with van der Waals surface area (Å²) >= 11 is 0. The molecule has 2 heterocycles. The van der Waals surface area contributed by atoms with Crippen molar-refractivity contribution in [2.45, 2.75) is 172 Å². The second-order valence-corrected chi connectivity index (χ2v) is 24.7. The number of carbonyl (C=O) groups excluding carboxylic acids is 4. The van der Waals surface area contributed by atoms with Crippen molar-refractivity contribution in [3.8, 4) is 0 Å². The standard InChI is InChI=1S/C51H68FNO12Si/c1-12-37-61-39-38-30(5)35(60-46(57)49(11,65-66(13-2,14-3)15-4)41(31(6)52)53-44(55)33-22-18-16-19-23-33)28-51(58,47(38,8)9)43(63-45(56)34-24-20-17-21-25-34)40-48(10,42(39)62-37)27-26-36-50(40,29-59-36)64-32(7)54/h12,16-25,31,35-37,39-43,58H,1,13-15,26-29H2,2-11H3,(H,53,55)/t31-,35-,36+,37+,39+,40-,41-,42+,43-,48+,49+,50-,51+/m0/s1. The fourth-order valence-electron chi connectivity index (χ4n) is 12.2. The summed E-state index contributed by atoms with van der Waals surface area (Å²) in [5.74, 6) is -3.81. The molecule has 2 N–H and O–H groups in total. The number of amides is 1. The van der Waals surface area contributed by atoms with Crippen LogP contribution in [0.5, 0.6) is 0 Å². The van der Waals surface area contributed by atoms with Crippen LogP contribution in [0, 0.1) is 16.7 Å². The van der Waals surface area contributed by atoms with Gasteiger partial charge in [0, 0.05) is 29.7 Å². The lowest BCUT2D eigenvalue weighted by Crippen LogP contribution is -2.79. The number of hydrogen-bond acceptors (Lipinski definition) is 12. The van der Waals surface area contributed by atoms with Crippen LogP contribution in [0.15, 0.2) is 84.5 Å². The van der Waals surface area contributed by atoms with Gasteiger partial charge in [0.15, 0.2) is 25.8 Å².